The van der Waals surface area contributed by atoms with Gasteiger partial charge in [0.2, 0.25) is 0 Å². The maximum atomic E-state index is 12.5. The summed E-state index contributed by atoms with van der Waals surface area (Å²) in [6.45, 7) is 2.37. The third-order valence-corrected chi connectivity index (χ3v) is 5.74. The lowest BCUT2D eigenvalue weighted by Crippen LogP contribution is -2.19. The maximum absolute atomic E-state index is 12.5. The highest BCUT2D eigenvalue weighted by atomic mass is 32.2. The lowest BCUT2D eigenvalue weighted by atomic mass is 9.91. The minimum Gasteiger partial charge on any atom is -0.494 e. The predicted molar refractivity (Wildman–Crippen MR) is 80.7 cm³/mol. The minimum absolute atomic E-state index is 0.201. The summed E-state index contributed by atoms with van der Waals surface area (Å²) >= 11 is 0. The number of hydrogen-bond acceptors (Lipinski definition) is 4. The van der Waals surface area contributed by atoms with Gasteiger partial charge in [-0.2, -0.15) is 0 Å². The molecule has 2 N–H and O–H groups in total. The molecule has 0 amide bonds. The van der Waals surface area contributed by atoms with Gasteiger partial charge in [0.25, 0.3) is 0 Å². The fourth-order valence-electron chi connectivity index (χ4n) is 2.79. The molecule has 0 bridgehead atoms. The Hall–Kier alpha value is -1.23. The fourth-order valence-corrected chi connectivity index (χ4v) is 4.65. The Kier molecular flexibility index (Phi) is 4.91. The number of sulfone groups is 1. The van der Waals surface area contributed by atoms with E-state index in [2.05, 4.69) is 0 Å². The van der Waals surface area contributed by atoms with E-state index < -0.39 is 9.84 Å². The lowest BCUT2D eigenvalue weighted by molar-refractivity contribution is 0.339. The molecule has 2 rings (SSSR count). The molecule has 1 aliphatic rings. The van der Waals surface area contributed by atoms with Crippen molar-refractivity contribution in [2.75, 3.05) is 18.1 Å². The van der Waals surface area contributed by atoms with E-state index in [1.807, 2.05) is 6.92 Å². The van der Waals surface area contributed by atoms with Crippen molar-refractivity contribution in [3.05, 3.63) is 18.2 Å². The van der Waals surface area contributed by atoms with Gasteiger partial charge < -0.3 is 10.5 Å². The van der Waals surface area contributed by atoms with Crippen LogP contribution in [-0.2, 0) is 9.84 Å². The molecule has 1 fully saturated rings. The second-order valence-electron chi connectivity index (χ2n) is 5.42. The van der Waals surface area contributed by atoms with Crippen LogP contribution < -0.4 is 10.5 Å². The largest absolute Gasteiger partial charge is 0.494 e. The van der Waals surface area contributed by atoms with Crippen LogP contribution in [0, 0.1) is 5.92 Å². The summed E-state index contributed by atoms with van der Waals surface area (Å²) in [5, 5.41) is 0. The summed E-state index contributed by atoms with van der Waals surface area (Å²) in [7, 11) is -3.34. The molecular weight excluding hydrogens is 274 g/mol. The van der Waals surface area contributed by atoms with Crippen LogP contribution in [0.15, 0.2) is 23.1 Å². The Morgan fingerprint density at radius 3 is 2.60 bits per heavy atom. The van der Waals surface area contributed by atoms with E-state index in [0.717, 1.165) is 25.7 Å². The number of hydrogen-bond donors (Lipinski definition) is 1. The van der Waals surface area contributed by atoms with Gasteiger partial charge in [0, 0.05) is 6.07 Å². The molecule has 0 radical (unpaired) electrons. The fraction of sp³-hybridized carbons (Fsp3) is 0.600. The van der Waals surface area contributed by atoms with Gasteiger partial charge in [-0.05, 0) is 37.8 Å². The van der Waals surface area contributed by atoms with E-state index in [-0.39, 0.29) is 16.6 Å². The van der Waals surface area contributed by atoms with Crippen LogP contribution in [0.2, 0.25) is 0 Å². The number of ether oxygens (including phenoxy) is 1. The van der Waals surface area contributed by atoms with Gasteiger partial charge in [-0.3, -0.25) is 0 Å². The van der Waals surface area contributed by atoms with Crippen molar-refractivity contribution in [1.82, 2.24) is 0 Å². The first-order valence-corrected chi connectivity index (χ1v) is 8.93. The summed E-state index contributed by atoms with van der Waals surface area (Å²) < 4.78 is 30.5. The van der Waals surface area contributed by atoms with Crippen LogP contribution in [0.5, 0.6) is 5.75 Å². The van der Waals surface area contributed by atoms with Gasteiger partial charge >= 0.3 is 0 Å². The monoisotopic (exact) mass is 297 g/mol. The van der Waals surface area contributed by atoms with Crippen LogP contribution >= 0.6 is 0 Å². The minimum atomic E-state index is -3.34. The molecular formula is C15H23NO3S. The molecule has 1 aromatic rings. The highest BCUT2D eigenvalue weighted by molar-refractivity contribution is 7.91. The molecule has 4 nitrogen and oxygen atoms in total. The number of rotatable bonds is 5. The summed E-state index contributed by atoms with van der Waals surface area (Å²) in [6, 6.07) is 4.87. The lowest BCUT2D eigenvalue weighted by Gasteiger charge is -2.21. The van der Waals surface area contributed by atoms with Crippen LogP contribution in [-0.4, -0.2) is 20.8 Å². The molecule has 0 saturated heterocycles. The Balaban J connectivity index is 2.21. The summed E-state index contributed by atoms with van der Waals surface area (Å²) in [5.74, 6) is 1.03. The highest BCUT2D eigenvalue weighted by Gasteiger charge is 2.25. The zero-order valence-corrected chi connectivity index (χ0v) is 12.8. The van der Waals surface area contributed by atoms with Gasteiger partial charge in [0.1, 0.15) is 5.75 Å². The Labute approximate surface area is 121 Å². The third-order valence-electron chi connectivity index (χ3n) is 3.81. The second kappa shape index (κ2) is 6.48. The molecule has 0 atom stereocenters. The van der Waals surface area contributed by atoms with Crippen LogP contribution in [0.3, 0.4) is 0 Å². The van der Waals surface area contributed by atoms with Crippen LogP contribution in [0.1, 0.15) is 39.0 Å². The molecule has 20 heavy (non-hydrogen) atoms. The first-order chi connectivity index (χ1) is 9.53. The van der Waals surface area contributed by atoms with E-state index in [1.165, 1.54) is 6.42 Å². The highest BCUT2D eigenvalue weighted by Crippen LogP contribution is 2.30. The number of benzene rings is 1. The molecule has 1 saturated carbocycles. The van der Waals surface area contributed by atoms with Crippen molar-refractivity contribution in [1.29, 1.82) is 0 Å². The third kappa shape index (κ3) is 3.66. The van der Waals surface area contributed by atoms with Gasteiger partial charge in [-0.15, -0.1) is 0 Å². The molecule has 0 aliphatic heterocycles. The van der Waals surface area contributed by atoms with Gasteiger partial charge in [-0.25, -0.2) is 8.42 Å². The first-order valence-electron chi connectivity index (χ1n) is 7.28. The quantitative estimate of drug-likeness (QED) is 0.848. The normalized spacial score (nSPS) is 17.1. The summed E-state index contributed by atoms with van der Waals surface area (Å²) in [6.07, 6.45) is 5.50. The van der Waals surface area contributed by atoms with E-state index >= 15 is 0 Å². The van der Waals surface area contributed by atoms with Crippen LogP contribution in [0.4, 0.5) is 5.69 Å². The van der Waals surface area contributed by atoms with E-state index in [4.69, 9.17) is 10.5 Å². The SMILES string of the molecule is CCOc1ccc(N)c(S(=O)(=O)CC2CCCCC2)c1. The number of nitrogen functional groups attached to an aromatic ring is 1. The van der Waals surface area contributed by atoms with Gasteiger partial charge in [0.15, 0.2) is 9.84 Å². The number of nitrogens with two attached hydrogens (primary N) is 1. The topological polar surface area (TPSA) is 69.4 Å². The molecule has 0 spiro atoms. The van der Waals surface area contributed by atoms with E-state index in [0.29, 0.717) is 18.0 Å². The molecule has 0 heterocycles. The standard InChI is InChI=1S/C15H23NO3S/c1-2-19-13-8-9-14(16)15(10-13)20(17,18)11-12-6-4-3-5-7-12/h8-10,12H,2-7,11,16H2,1H3. The summed E-state index contributed by atoms with van der Waals surface area (Å²) in [4.78, 5) is 0.217. The average Bonchev–Trinajstić information content (AvgIpc) is 2.42. The average molecular weight is 297 g/mol. The Bertz CT molecular complexity index is 548. The summed E-state index contributed by atoms with van der Waals surface area (Å²) in [5.41, 5.74) is 6.15. The van der Waals surface area contributed by atoms with Crippen molar-refractivity contribution in [2.24, 2.45) is 5.92 Å². The second-order valence-corrected chi connectivity index (χ2v) is 7.42. The Morgan fingerprint density at radius 2 is 1.95 bits per heavy atom. The molecule has 112 valence electrons. The zero-order valence-electron chi connectivity index (χ0n) is 12.0. The van der Waals surface area contributed by atoms with Crippen molar-refractivity contribution in [3.63, 3.8) is 0 Å². The van der Waals surface area contributed by atoms with E-state index in [9.17, 15) is 8.42 Å². The Morgan fingerprint density at radius 1 is 1.25 bits per heavy atom. The molecule has 1 aliphatic carbocycles. The molecule has 0 aromatic heterocycles. The maximum Gasteiger partial charge on any atom is 0.180 e. The smallest absolute Gasteiger partial charge is 0.180 e. The molecule has 5 heteroatoms. The van der Waals surface area contributed by atoms with Gasteiger partial charge in [-0.1, -0.05) is 19.3 Å². The van der Waals surface area contributed by atoms with Crippen molar-refractivity contribution < 1.29 is 13.2 Å². The first kappa shape index (κ1) is 15.2. The van der Waals surface area contributed by atoms with Crippen molar-refractivity contribution >= 4 is 15.5 Å². The predicted octanol–water partition coefficient (Wildman–Crippen LogP) is 3.02. The molecule has 1 aromatic carbocycles. The van der Waals surface area contributed by atoms with Crippen LogP contribution in [0.25, 0.3) is 0 Å². The van der Waals surface area contributed by atoms with Crippen molar-refractivity contribution in [3.8, 4) is 5.75 Å². The van der Waals surface area contributed by atoms with Crippen molar-refractivity contribution in [2.45, 2.75) is 43.9 Å². The zero-order chi connectivity index (χ0) is 14.6. The van der Waals surface area contributed by atoms with Gasteiger partial charge in [0.05, 0.1) is 22.9 Å². The van der Waals surface area contributed by atoms with E-state index in [1.54, 1.807) is 18.2 Å². The number of anilines is 1. The molecule has 0 unspecified atom stereocenters.